The van der Waals surface area contributed by atoms with Crippen molar-refractivity contribution < 1.29 is 30.8 Å². The van der Waals surface area contributed by atoms with Gasteiger partial charge in [-0.2, -0.15) is 23.3 Å². The molecule has 1 aliphatic rings. The Morgan fingerprint density at radius 2 is 1.83 bits per heavy atom. The van der Waals surface area contributed by atoms with E-state index in [1.165, 1.54) is 36.7 Å². The molecule has 0 saturated carbocycles. The van der Waals surface area contributed by atoms with Crippen LogP contribution in [0.3, 0.4) is 0 Å². The van der Waals surface area contributed by atoms with Crippen LogP contribution in [0.4, 0.5) is 18.9 Å². The summed E-state index contributed by atoms with van der Waals surface area (Å²) in [5.74, 6) is -1.71. The number of hydrogen-bond acceptors (Lipinski definition) is 7. The molecular formula is C17H16F3N5O4S. The summed E-state index contributed by atoms with van der Waals surface area (Å²) in [6.07, 6.45) is -0.505. The summed E-state index contributed by atoms with van der Waals surface area (Å²) < 4.78 is 76.4. The van der Waals surface area contributed by atoms with Gasteiger partial charge in [0.15, 0.2) is 0 Å². The van der Waals surface area contributed by atoms with E-state index in [4.69, 9.17) is 4.74 Å². The Hall–Kier alpha value is -2.93. The van der Waals surface area contributed by atoms with Crippen molar-refractivity contribution in [3.8, 4) is 11.4 Å². The van der Waals surface area contributed by atoms with Crippen molar-refractivity contribution in [3.05, 3.63) is 42.5 Å². The highest BCUT2D eigenvalue weighted by atomic mass is 32.2. The second-order valence-corrected chi connectivity index (χ2v) is 8.29. The lowest BCUT2D eigenvalue weighted by Gasteiger charge is -2.22. The van der Waals surface area contributed by atoms with Crippen molar-refractivity contribution in [2.24, 2.45) is 0 Å². The largest absolute Gasteiger partial charge is 0.471 e. The first kappa shape index (κ1) is 20.3. The van der Waals surface area contributed by atoms with Gasteiger partial charge in [0, 0.05) is 30.7 Å². The maximum absolute atomic E-state index is 12.6. The number of ether oxygens (including phenoxy) is 1. The maximum atomic E-state index is 12.6. The summed E-state index contributed by atoms with van der Waals surface area (Å²) in [5, 5.41) is 7.43. The van der Waals surface area contributed by atoms with Crippen LogP contribution in [0.15, 0.2) is 46.1 Å². The summed E-state index contributed by atoms with van der Waals surface area (Å²) in [7, 11) is -3.89. The van der Waals surface area contributed by atoms with E-state index in [2.05, 4.69) is 24.5 Å². The van der Waals surface area contributed by atoms with Crippen LogP contribution < -0.4 is 4.72 Å². The fourth-order valence-electron chi connectivity index (χ4n) is 2.97. The quantitative estimate of drug-likeness (QED) is 0.645. The fourth-order valence-corrected chi connectivity index (χ4v) is 3.96. The molecule has 2 aromatic heterocycles. The third kappa shape index (κ3) is 4.31. The first-order chi connectivity index (χ1) is 14.2. The van der Waals surface area contributed by atoms with Gasteiger partial charge in [0.2, 0.25) is 5.82 Å². The number of sulfonamides is 1. The molecule has 0 unspecified atom stereocenters. The predicted octanol–water partition coefficient (Wildman–Crippen LogP) is 3.10. The number of anilines is 1. The standard InChI is InChI=1S/C17H16F3N5O4S/c18-17(19,20)16-22-15(23-29-16)11-1-3-12(4-2-11)24-30(26,27)14-9-21-25(10-14)13-5-7-28-8-6-13/h1-4,9-10,13,24H,5-8H2. The Kier molecular flexibility index (Phi) is 5.24. The van der Waals surface area contributed by atoms with Crippen LogP contribution in [0.2, 0.25) is 0 Å². The van der Waals surface area contributed by atoms with E-state index in [1.807, 2.05) is 0 Å². The minimum Gasteiger partial charge on any atom is -0.381 e. The predicted molar refractivity (Wildman–Crippen MR) is 96.9 cm³/mol. The lowest BCUT2D eigenvalue weighted by Crippen LogP contribution is -2.20. The Bertz CT molecular complexity index is 1120. The monoisotopic (exact) mass is 443 g/mol. The molecule has 30 heavy (non-hydrogen) atoms. The summed E-state index contributed by atoms with van der Waals surface area (Å²) in [6, 6.07) is 5.63. The summed E-state index contributed by atoms with van der Waals surface area (Å²) in [5.41, 5.74) is 0.460. The molecule has 13 heteroatoms. The fraction of sp³-hybridized carbons (Fsp3) is 0.353. The Labute approximate surface area is 168 Å². The molecule has 1 saturated heterocycles. The van der Waals surface area contributed by atoms with E-state index < -0.39 is 22.1 Å². The molecule has 1 aliphatic heterocycles. The number of nitrogens with one attached hydrogen (secondary N) is 1. The first-order valence-corrected chi connectivity index (χ1v) is 10.4. The number of rotatable bonds is 5. The van der Waals surface area contributed by atoms with Crippen molar-refractivity contribution in [1.29, 1.82) is 0 Å². The van der Waals surface area contributed by atoms with Crippen molar-refractivity contribution in [1.82, 2.24) is 19.9 Å². The second kappa shape index (κ2) is 7.72. The van der Waals surface area contributed by atoms with E-state index in [1.54, 1.807) is 4.68 Å². The molecule has 0 amide bonds. The average molecular weight is 443 g/mol. The van der Waals surface area contributed by atoms with Crippen LogP contribution in [-0.4, -0.2) is 41.6 Å². The summed E-state index contributed by atoms with van der Waals surface area (Å²) in [4.78, 5) is 3.29. The number of nitrogens with zero attached hydrogens (tertiary/aromatic N) is 4. The van der Waals surface area contributed by atoms with Crippen LogP contribution in [0.5, 0.6) is 0 Å². The molecule has 1 aromatic carbocycles. The second-order valence-electron chi connectivity index (χ2n) is 6.60. The molecule has 0 atom stereocenters. The third-order valence-electron chi connectivity index (χ3n) is 4.52. The first-order valence-electron chi connectivity index (χ1n) is 8.88. The Morgan fingerprint density at radius 3 is 2.47 bits per heavy atom. The molecule has 1 N–H and O–H groups in total. The van der Waals surface area contributed by atoms with Gasteiger partial charge < -0.3 is 9.26 Å². The van der Waals surface area contributed by atoms with E-state index >= 15 is 0 Å². The zero-order valence-electron chi connectivity index (χ0n) is 15.3. The Balaban J connectivity index is 1.47. The molecule has 0 spiro atoms. The molecule has 9 nitrogen and oxygen atoms in total. The number of hydrogen-bond donors (Lipinski definition) is 1. The zero-order valence-corrected chi connectivity index (χ0v) is 16.2. The van der Waals surface area contributed by atoms with Crippen molar-refractivity contribution in [3.63, 3.8) is 0 Å². The van der Waals surface area contributed by atoms with Gasteiger partial charge in [0.05, 0.1) is 12.2 Å². The van der Waals surface area contributed by atoms with E-state index in [0.29, 0.717) is 13.2 Å². The van der Waals surface area contributed by atoms with Crippen LogP contribution in [0.1, 0.15) is 24.8 Å². The minimum absolute atomic E-state index is 0.00561. The molecular weight excluding hydrogens is 427 g/mol. The smallest absolute Gasteiger partial charge is 0.381 e. The van der Waals surface area contributed by atoms with Crippen LogP contribution in [-0.2, 0) is 20.9 Å². The molecule has 4 rings (SSSR count). The SMILES string of the molecule is O=S(=O)(Nc1ccc(-c2noc(C(F)(F)F)n2)cc1)c1cnn(C2CCOCC2)c1. The minimum atomic E-state index is -4.74. The lowest BCUT2D eigenvalue weighted by atomic mass is 10.1. The maximum Gasteiger partial charge on any atom is 0.471 e. The molecule has 0 bridgehead atoms. The highest BCUT2D eigenvalue weighted by Crippen LogP contribution is 2.30. The van der Waals surface area contributed by atoms with Gasteiger partial charge >= 0.3 is 12.1 Å². The topological polar surface area (TPSA) is 112 Å². The average Bonchev–Trinajstić information content (AvgIpc) is 3.39. The van der Waals surface area contributed by atoms with E-state index in [9.17, 15) is 21.6 Å². The van der Waals surface area contributed by atoms with Crippen LogP contribution in [0.25, 0.3) is 11.4 Å². The molecule has 3 aromatic rings. The molecule has 3 heterocycles. The van der Waals surface area contributed by atoms with Crippen molar-refractivity contribution in [2.75, 3.05) is 17.9 Å². The third-order valence-corrected chi connectivity index (χ3v) is 5.85. The number of alkyl halides is 3. The lowest BCUT2D eigenvalue weighted by molar-refractivity contribution is -0.159. The van der Waals surface area contributed by atoms with Gasteiger partial charge in [-0.05, 0) is 37.1 Å². The number of benzene rings is 1. The molecule has 0 radical (unpaired) electrons. The molecule has 1 fully saturated rings. The highest BCUT2D eigenvalue weighted by molar-refractivity contribution is 7.92. The summed E-state index contributed by atoms with van der Waals surface area (Å²) in [6.45, 7) is 1.20. The van der Waals surface area contributed by atoms with Gasteiger partial charge in [-0.15, -0.1) is 0 Å². The molecule has 160 valence electrons. The number of aromatic nitrogens is 4. The van der Waals surface area contributed by atoms with Crippen molar-refractivity contribution in [2.45, 2.75) is 30.0 Å². The Morgan fingerprint density at radius 1 is 1.13 bits per heavy atom. The van der Waals surface area contributed by atoms with Gasteiger partial charge in [0.1, 0.15) is 4.90 Å². The van der Waals surface area contributed by atoms with Crippen LogP contribution >= 0.6 is 0 Å². The number of halogens is 3. The van der Waals surface area contributed by atoms with Crippen molar-refractivity contribution >= 4 is 15.7 Å². The zero-order chi connectivity index (χ0) is 21.4. The highest BCUT2D eigenvalue weighted by Gasteiger charge is 2.38. The van der Waals surface area contributed by atoms with Gasteiger partial charge in [-0.1, -0.05) is 5.16 Å². The van der Waals surface area contributed by atoms with Gasteiger partial charge in [0.25, 0.3) is 10.0 Å². The van der Waals surface area contributed by atoms with Gasteiger partial charge in [-0.25, -0.2) is 8.42 Å². The van der Waals surface area contributed by atoms with E-state index in [-0.39, 0.29) is 28.0 Å². The van der Waals surface area contributed by atoms with Gasteiger partial charge in [-0.3, -0.25) is 9.40 Å². The molecule has 0 aliphatic carbocycles. The van der Waals surface area contributed by atoms with Crippen LogP contribution in [0, 0.1) is 0 Å². The van der Waals surface area contributed by atoms with E-state index in [0.717, 1.165) is 12.8 Å². The summed E-state index contributed by atoms with van der Waals surface area (Å²) >= 11 is 0. The normalized spacial score (nSPS) is 16.0.